The Morgan fingerprint density at radius 1 is 1.36 bits per heavy atom. The van der Waals surface area contributed by atoms with Gasteiger partial charge in [0.25, 0.3) is 5.89 Å². The number of rotatable bonds is 6. The maximum absolute atomic E-state index is 12.6. The normalized spacial score (nSPS) is 19.4. The van der Waals surface area contributed by atoms with Crippen LogP contribution in [0.1, 0.15) is 37.9 Å². The lowest BCUT2D eigenvalue weighted by Crippen LogP contribution is -2.44. The fraction of sp³-hybridized carbons (Fsp3) is 0.500. The summed E-state index contributed by atoms with van der Waals surface area (Å²) in [5.41, 5.74) is 6.19. The van der Waals surface area contributed by atoms with Crippen molar-refractivity contribution in [1.29, 1.82) is 0 Å². The van der Waals surface area contributed by atoms with Gasteiger partial charge in [0.2, 0.25) is 10.0 Å². The molecule has 2 fully saturated rings. The van der Waals surface area contributed by atoms with Crippen LogP contribution in [0.2, 0.25) is 0 Å². The van der Waals surface area contributed by atoms with Gasteiger partial charge < -0.3 is 15.0 Å². The Labute approximate surface area is 145 Å². The molecule has 134 valence electrons. The summed E-state index contributed by atoms with van der Waals surface area (Å²) in [6.07, 6.45) is 4.39. The summed E-state index contributed by atoms with van der Waals surface area (Å²) in [5, 5.41) is 3.97. The summed E-state index contributed by atoms with van der Waals surface area (Å²) in [6, 6.07) is 4.77. The first-order chi connectivity index (χ1) is 11.9. The zero-order valence-corrected chi connectivity index (χ0v) is 14.7. The molecule has 2 aliphatic carbocycles. The first-order valence-corrected chi connectivity index (χ1v) is 9.73. The monoisotopic (exact) mass is 364 g/mol. The van der Waals surface area contributed by atoms with Gasteiger partial charge in [0.05, 0.1) is 12.6 Å². The van der Waals surface area contributed by atoms with Gasteiger partial charge in [-0.15, -0.1) is 0 Å². The molecule has 0 radical (unpaired) electrons. The fourth-order valence-electron chi connectivity index (χ4n) is 2.83. The second-order valence-corrected chi connectivity index (χ2v) is 8.38. The second-order valence-electron chi connectivity index (χ2n) is 6.69. The van der Waals surface area contributed by atoms with Crippen LogP contribution in [0.15, 0.2) is 27.6 Å². The quantitative estimate of drug-likeness (QED) is 0.797. The van der Waals surface area contributed by atoms with Gasteiger partial charge >= 0.3 is 0 Å². The third-order valence-electron chi connectivity index (χ3n) is 4.72. The molecule has 0 atom stereocenters. The molecule has 0 bridgehead atoms. The van der Waals surface area contributed by atoms with E-state index in [2.05, 4.69) is 14.9 Å². The van der Waals surface area contributed by atoms with Crippen LogP contribution < -0.4 is 15.2 Å². The summed E-state index contributed by atoms with van der Waals surface area (Å²) < 4.78 is 38.3. The van der Waals surface area contributed by atoms with Crippen LogP contribution in [-0.2, 0) is 15.6 Å². The fourth-order valence-corrected chi connectivity index (χ4v) is 4.33. The van der Waals surface area contributed by atoms with E-state index in [1.807, 2.05) is 0 Å². The van der Waals surface area contributed by atoms with Crippen molar-refractivity contribution < 1.29 is 17.7 Å². The van der Waals surface area contributed by atoms with Gasteiger partial charge in [-0.25, -0.2) is 13.1 Å². The van der Waals surface area contributed by atoms with Crippen LogP contribution in [0, 0.1) is 0 Å². The zero-order valence-electron chi connectivity index (χ0n) is 13.9. The summed E-state index contributed by atoms with van der Waals surface area (Å²) in [6.45, 7) is 0. The molecule has 1 heterocycles. The molecule has 1 aromatic carbocycles. The highest BCUT2D eigenvalue weighted by Crippen LogP contribution is 2.38. The van der Waals surface area contributed by atoms with E-state index in [-0.39, 0.29) is 22.6 Å². The number of methoxy groups -OCH3 is 1. The maximum Gasteiger partial charge on any atom is 0.258 e. The summed E-state index contributed by atoms with van der Waals surface area (Å²) in [7, 11) is -2.24. The van der Waals surface area contributed by atoms with E-state index in [0.29, 0.717) is 11.4 Å². The standard InChI is InChI=1S/C16H20N4O4S/c1-23-12-6-3-10(9-13(12)25(21,22)20-11-4-5-11)14-18-15(19-24-14)16(17)7-2-8-16/h3,6,9,11,20H,2,4-5,7-8,17H2,1H3. The summed E-state index contributed by atoms with van der Waals surface area (Å²) in [5.74, 6) is 0.980. The highest BCUT2D eigenvalue weighted by Gasteiger charge is 2.39. The predicted molar refractivity (Wildman–Crippen MR) is 89.3 cm³/mol. The van der Waals surface area contributed by atoms with Crippen molar-refractivity contribution in [2.45, 2.75) is 48.6 Å². The summed E-state index contributed by atoms with van der Waals surface area (Å²) >= 11 is 0. The zero-order chi connectivity index (χ0) is 17.7. The number of benzene rings is 1. The van der Waals surface area contributed by atoms with Gasteiger partial charge in [-0.1, -0.05) is 5.16 Å². The second kappa shape index (κ2) is 5.79. The first-order valence-electron chi connectivity index (χ1n) is 8.25. The largest absolute Gasteiger partial charge is 0.495 e. The number of aromatic nitrogens is 2. The van der Waals surface area contributed by atoms with Crippen molar-refractivity contribution in [3.05, 3.63) is 24.0 Å². The smallest absolute Gasteiger partial charge is 0.258 e. The minimum Gasteiger partial charge on any atom is -0.495 e. The van der Waals surface area contributed by atoms with E-state index in [4.69, 9.17) is 15.0 Å². The molecule has 25 heavy (non-hydrogen) atoms. The van der Waals surface area contributed by atoms with E-state index < -0.39 is 15.6 Å². The van der Waals surface area contributed by atoms with Gasteiger partial charge in [-0.3, -0.25) is 0 Å². The molecule has 8 nitrogen and oxygen atoms in total. The van der Waals surface area contributed by atoms with Crippen molar-refractivity contribution in [3.8, 4) is 17.2 Å². The van der Waals surface area contributed by atoms with Gasteiger partial charge in [0.15, 0.2) is 5.82 Å². The van der Waals surface area contributed by atoms with Gasteiger partial charge in [0.1, 0.15) is 10.6 Å². The molecule has 1 aromatic heterocycles. The van der Waals surface area contributed by atoms with E-state index in [1.165, 1.54) is 13.2 Å². The topological polar surface area (TPSA) is 120 Å². The maximum atomic E-state index is 12.6. The molecule has 3 N–H and O–H groups in total. The average Bonchev–Trinajstić information content (AvgIpc) is 3.23. The van der Waals surface area contributed by atoms with Crippen LogP contribution in [-0.4, -0.2) is 31.7 Å². The van der Waals surface area contributed by atoms with E-state index in [9.17, 15) is 8.42 Å². The summed E-state index contributed by atoms with van der Waals surface area (Å²) in [4.78, 5) is 4.43. The van der Waals surface area contributed by atoms with Crippen LogP contribution >= 0.6 is 0 Å². The SMILES string of the molecule is COc1ccc(-c2nc(C3(N)CCC3)no2)cc1S(=O)(=O)NC1CC1. The lowest BCUT2D eigenvalue weighted by molar-refractivity contribution is 0.229. The number of ether oxygens (including phenoxy) is 1. The number of nitrogens with two attached hydrogens (primary N) is 1. The number of sulfonamides is 1. The van der Waals surface area contributed by atoms with Gasteiger partial charge in [-0.2, -0.15) is 4.98 Å². The van der Waals surface area contributed by atoms with E-state index >= 15 is 0 Å². The third-order valence-corrected chi connectivity index (χ3v) is 6.26. The average molecular weight is 364 g/mol. The lowest BCUT2D eigenvalue weighted by Gasteiger charge is -2.34. The molecule has 0 amide bonds. The predicted octanol–water partition coefficient (Wildman–Crippen LogP) is 1.52. The molecule has 2 saturated carbocycles. The molecule has 0 aliphatic heterocycles. The highest BCUT2D eigenvalue weighted by atomic mass is 32.2. The van der Waals surface area contributed by atoms with Crippen LogP contribution in [0.25, 0.3) is 11.5 Å². The van der Waals surface area contributed by atoms with Crippen LogP contribution in [0.3, 0.4) is 0 Å². The molecule has 4 rings (SSSR count). The first kappa shape index (κ1) is 16.5. The van der Waals surface area contributed by atoms with Crippen molar-refractivity contribution in [1.82, 2.24) is 14.9 Å². The molecule has 2 aromatic rings. The van der Waals surface area contributed by atoms with Gasteiger partial charge in [-0.05, 0) is 50.3 Å². The number of hydrogen-bond acceptors (Lipinski definition) is 7. The molecular formula is C16H20N4O4S. The Kier molecular flexibility index (Phi) is 3.82. The number of nitrogens with one attached hydrogen (secondary N) is 1. The van der Waals surface area contributed by atoms with Crippen molar-refractivity contribution in [2.24, 2.45) is 5.73 Å². The minimum atomic E-state index is -3.67. The van der Waals surface area contributed by atoms with E-state index in [0.717, 1.165) is 32.1 Å². The molecular weight excluding hydrogens is 344 g/mol. The molecule has 9 heteroatoms. The molecule has 0 spiro atoms. The molecule has 0 saturated heterocycles. The number of nitrogens with zero attached hydrogens (tertiary/aromatic N) is 2. The Morgan fingerprint density at radius 2 is 2.12 bits per heavy atom. The van der Waals surface area contributed by atoms with Crippen LogP contribution in [0.4, 0.5) is 0 Å². The Balaban J connectivity index is 1.70. The Hall–Kier alpha value is -1.97. The Bertz CT molecular complexity index is 901. The van der Waals surface area contributed by atoms with Crippen molar-refractivity contribution >= 4 is 10.0 Å². The molecule has 2 aliphatic rings. The van der Waals surface area contributed by atoms with Crippen molar-refractivity contribution in [3.63, 3.8) is 0 Å². The molecule has 0 unspecified atom stereocenters. The minimum absolute atomic E-state index is 0.00378. The number of hydrogen-bond donors (Lipinski definition) is 2. The lowest BCUT2D eigenvalue weighted by atomic mass is 9.77. The third kappa shape index (κ3) is 3.03. The van der Waals surface area contributed by atoms with Crippen LogP contribution in [0.5, 0.6) is 5.75 Å². The van der Waals surface area contributed by atoms with Gasteiger partial charge in [0, 0.05) is 11.6 Å². The highest BCUT2D eigenvalue weighted by molar-refractivity contribution is 7.89. The van der Waals surface area contributed by atoms with Crippen molar-refractivity contribution in [2.75, 3.05) is 7.11 Å². The van der Waals surface area contributed by atoms with E-state index in [1.54, 1.807) is 12.1 Å². The Morgan fingerprint density at radius 3 is 2.72 bits per heavy atom.